The average Bonchev–Trinajstić information content (AvgIpc) is 2.51. The monoisotopic (exact) mass is 315 g/mol. The highest BCUT2D eigenvalue weighted by Crippen LogP contribution is 2.16. The Morgan fingerprint density at radius 3 is 2.27 bits per heavy atom. The zero-order valence-electron chi connectivity index (χ0n) is 12.6. The minimum atomic E-state index is -2.92. The van der Waals surface area contributed by atoms with Gasteiger partial charge >= 0.3 is 12.6 Å². The number of methoxy groups -OCH3 is 1. The molecule has 5 nitrogen and oxygen atoms in total. The van der Waals surface area contributed by atoms with Gasteiger partial charge in [-0.15, -0.1) is 0 Å². The van der Waals surface area contributed by atoms with Crippen molar-refractivity contribution in [1.82, 2.24) is 5.32 Å². The normalized spacial score (nSPS) is 13.4. The predicted molar refractivity (Wildman–Crippen MR) is 75.8 cm³/mol. The summed E-state index contributed by atoms with van der Waals surface area (Å²) in [5.41, 5.74) is 0.235. The van der Waals surface area contributed by atoms with Crippen LogP contribution in [0.1, 0.15) is 30.6 Å². The predicted octanol–water partition coefficient (Wildman–Crippen LogP) is 2.61. The molecule has 0 aliphatic carbocycles. The first kappa shape index (κ1) is 17.9. The van der Waals surface area contributed by atoms with Gasteiger partial charge in [-0.2, -0.15) is 8.78 Å². The molecule has 1 aromatic rings. The van der Waals surface area contributed by atoms with Crippen molar-refractivity contribution in [2.24, 2.45) is 5.92 Å². The van der Waals surface area contributed by atoms with E-state index in [9.17, 15) is 18.4 Å². The molecule has 1 N–H and O–H groups in total. The molecule has 2 unspecified atom stereocenters. The SMILES string of the molecule is CCC(C)C(NC(=O)c1ccc(OC(F)F)cc1)C(=O)OC. The first-order valence-electron chi connectivity index (χ1n) is 6.82. The standard InChI is InChI=1S/C15H19F2NO4/c1-4-9(2)12(14(20)21-3)18-13(19)10-5-7-11(8-6-10)22-15(16)17/h5-9,12,15H,4H2,1-3H3,(H,18,19). The van der Waals surface area contributed by atoms with Gasteiger partial charge < -0.3 is 14.8 Å². The maximum atomic E-state index is 12.1. The third-order valence-corrected chi connectivity index (χ3v) is 3.30. The van der Waals surface area contributed by atoms with E-state index in [4.69, 9.17) is 0 Å². The van der Waals surface area contributed by atoms with Crippen LogP contribution in [-0.4, -0.2) is 31.6 Å². The van der Waals surface area contributed by atoms with E-state index in [1.54, 1.807) is 0 Å². The number of ether oxygens (including phenoxy) is 2. The number of nitrogens with one attached hydrogen (secondary N) is 1. The molecule has 0 bridgehead atoms. The zero-order valence-corrected chi connectivity index (χ0v) is 12.6. The van der Waals surface area contributed by atoms with Crippen LogP contribution >= 0.6 is 0 Å². The second kappa shape index (κ2) is 8.31. The number of rotatable bonds is 7. The molecule has 0 heterocycles. The minimum absolute atomic E-state index is 0.0435. The number of halogens is 2. The lowest BCUT2D eigenvalue weighted by Crippen LogP contribution is -2.45. The molecule has 0 aromatic heterocycles. The van der Waals surface area contributed by atoms with Crippen LogP contribution in [0.2, 0.25) is 0 Å². The number of hydrogen-bond donors (Lipinski definition) is 1. The fourth-order valence-corrected chi connectivity index (χ4v) is 1.81. The molecule has 0 aliphatic rings. The van der Waals surface area contributed by atoms with E-state index >= 15 is 0 Å². The molecule has 7 heteroatoms. The maximum absolute atomic E-state index is 12.1. The summed E-state index contributed by atoms with van der Waals surface area (Å²) >= 11 is 0. The smallest absolute Gasteiger partial charge is 0.387 e. The molecule has 1 aromatic carbocycles. The Hall–Kier alpha value is -2.18. The molecule has 0 aliphatic heterocycles. The van der Waals surface area contributed by atoms with Gasteiger partial charge in [0.05, 0.1) is 7.11 Å². The Bertz CT molecular complexity index is 505. The molecule has 1 amide bonds. The molecule has 0 spiro atoms. The summed E-state index contributed by atoms with van der Waals surface area (Å²) < 4.78 is 33.0. The van der Waals surface area contributed by atoms with Gasteiger partial charge in [-0.3, -0.25) is 4.79 Å². The van der Waals surface area contributed by atoms with E-state index in [-0.39, 0.29) is 17.2 Å². The van der Waals surface area contributed by atoms with Crippen molar-refractivity contribution in [2.75, 3.05) is 7.11 Å². The van der Waals surface area contributed by atoms with Crippen molar-refractivity contribution in [3.05, 3.63) is 29.8 Å². The summed E-state index contributed by atoms with van der Waals surface area (Å²) in [4.78, 5) is 23.8. The van der Waals surface area contributed by atoms with Crippen LogP contribution < -0.4 is 10.1 Å². The van der Waals surface area contributed by atoms with Crippen LogP contribution in [0.3, 0.4) is 0 Å². The Kier molecular flexibility index (Phi) is 6.75. The fraction of sp³-hybridized carbons (Fsp3) is 0.467. The number of hydrogen-bond acceptors (Lipinski definition) is 4. The summed E-state index contributed by atoms with van der Waals surface area (Å²) in [6, 6.07) is 4.45. The second-order valence-electron chi connectivity index (χ2n) is 4.76. The summed E-state index contributed by atoms with van der Waals surface area (Å²) in [5, 5.41) is 2.59. The lowest BCUT2D eigenvalue weighted by atomic mass is 9.99. The van der Waals surface area contributed by atoms with E-state index in [1.807, 2.05) is 13.8 Å². The number of benzene rings is 1. The molecular formula is C15H19F2NO4. The van der Waals surface area contributed by atoms with Gasteiger partial charge in [0.2, 0.25) is 0 Å². The molecule has 0 saturated heterocycles. The summed E-state index contributed by atoms with van der Waals surface area (Å²) in [7, 11) is 1.25. The number of esters is 1. The molecule has 0 radical (unpaired) electrons. The van der Waals surface area contributed by atoms with E-state index in [1.165, 1.54) is 31.4 Å². The van der Waals surface area contributed by atoms with Crippen molar-refractivity contribution < 1.29 is 27.8 Å². The first-order chi connectivity index (χ1) is 10.4. The molecule has 0 fully saturated rings. The topological polar surface area (TPSA) is 64.6 Å². The van der Waals surface area contributed by atoms with Crippen LogP contribution in [0.15, 0.2) is 24.3 Å². The highest BCUT2D eigenvalue weighted by atomic mass is 19.3. The van der Waals surface area contributed by atoms with E-state index in [0.717, 1.165) is 0 Å². The zero-order chi connectivity index (χ0) is 16.7. The minimum Gasteiger partial charge on any atom is -0.467 e. The third-order valence-electron chi connectivity index (χ3n) is 3.30. The molecule has 2 atom stereocenters. The Morgan fingerprint density at radius 2 is 1.82 bits per heavy atom. The van der Waals surface area contributed by atoms with Crippen molar-refractivity contribution in [2.45, 2.75) is 32.9 Å². The molecule has 22 heavy (non-hydrogen) atoms. The van der Waals surface area contributed by atoms with Gasteiger partial charge in [-0.1, -0.05) is 20.3 Å². The van der Waals surface area contributed by atoms with Crippen LogP contribution in [0.25, 0.3) is 0 Å². The molecule has 1 rings (SSSR count). The van der Waals surface area contributed by atoms with Crippen molar-refractivity contribution in [3.8, 4) is 5.75 Å². The Morgan fingerprint density at radius 1 is 1.23 bits per heavy atom. The number of carbonyl (C=O) groups excluding carboxylic acids is 2. The van der Waals surface area contributed by atoms with E-state index in [2.05, 4.69) is 14.8 Å². The summed E-state index contributed by atoms with van der Waals surface area (Å²) in [6.07, 6.45) is 0.682. The van der Waals surface area contributed by atoms with Gasteiger partial charge in [-0.25, -0.2) is 4.79 Å². The van der Waals surface area contributed by atoms with Crippen LogP contribution in [0.5, 0.6) is 5.75 Å². The van der Waals surface area contributed by atoms with Gasteiger partial charge in [0.15, 0.2) is 0 Å². The average molecular weight is 315 g/mol. The summed E-state index contributed by atoms with van der Waals surface area (Å²) in [5.74, 6) is -1.16. The van der Waals surface area contributed by atoms with Crippen molar-refractivity contribution in [3.63, 3.8) is 0 Å². The highest BCUT2D eigenvalue weighted by molar-refractivity contribution is 5.96. The largest absolute Gasteiger partial charge is 0.467 e. The second-order valence-corrected chi connectivity index (χ2v) is 4.76. The van der Waals surface area contributed by atoms with Gasteiger partial charge in [0.25, 0.3) is 5.91 Å². The van der Waals surface area contributed by atoms with Gasteiger partial charge in [-0.05, 0) is 30.2 Å². The number of alkyl halides is 2. The number of carbonyl (C=O) groups is 2. The highest BCUT2D eigenvalue weighted by Gasteiger charge is 2.27. The Balaban J connectivity index is 2.79. The van der Waals surface area contributed by atoms with Crippen LogP contribution in [0.4, 0.5) is 8.78 Å². The summed E-state index contributed by atoms with van der Waals surface area (Å²) in [6.45, 7) is 0.791. The third kappa shape index (κ3) is 4.98. The molecule has 122 valence electrons. The maximum Gasteiger partial charge on any atom is 0.387 e. The van der Waals surface area contributed by atoms with Crippen molar-refractivity contribution in [1.29, 1.82) is 0 Å². The van der Waals surface area contributed by atoms with Crippen LogP contribution in [0, 0.1) is 5.92 Å². The van der Waals surface area contributed by atoms with Crippen molar-refractivity contribution >= 4 is 11.9 Å². The lowest BCUT2D eigenvalue weighted by Gasteiger charge is -2.21. The van der Waals surface area contributed by atoms with Gasteiger partial charge in [0.1, 0.15) is 11.8 Å². The van der Waals surface area contributed by atoms with E-state index < -0.39 is 24.5 Å². The molecular weight excluding hydrogens is 296 g/mol. The quantitative estimate of drug-likeness (QED) is 0.786. The first-order valence-corrected chi connectivity index (χ1v) is 6.82. The fourth-order valence-electron chi connectivity index (χ4n) is 1.81. The van der Waals surface area contributed by atoms with Crippen LogP contribution in [-0.2, 0) is 9.53 Å². The Labute approximate surface area is 127 Å². The molecule has 0 saturated carbocycles. The number of amides is 1. The lowest BCUT2D eigenvalue weighted by molar-refractivity contribution is -0.144. The van der Waals surface area contributed by atoms with E-state index in [0.29, 0.717) is 6.42 Å². The van der Waals surface area contributed by atoms with Gasteiger partial charge in [0, 0.05) is 5.56 Å².